The number of oxazole rings is 1. The van der Waals surface area contributed by atoms with Crippen LogP contribution >= 0.6 is 0 Å². The largest absolute Gasteiger partial charge is 0.436 e. The highest BCUT2D eigenvalue weighted by atomic mass is 16.3. The van der Waals surface area contributed by atoms with Gasteiger partial charge in [-0.2, -0.15) is 5.26 Å². The molecule has 3 aromatic carbocycles. The smallest absolute Gasteiger partial charge is 0.227 e. The summed E-state index contributed by atoms with van der Waals surface area (Å²) in [7, 11) is 0. The molecule has 2 N–H and O–H groups in total. The van der Waals surface area contributed by atoms with Gasteiger partial charge in [-0.3, -0.25) is 9.97 Å². The fourth-order valence-corrected chi connectivity index (χ4v) is 3.91. The molecule has 0 bridgehead atoms. The molecule has 0 fully saturated rings. The molecule has 0 spiro atoms. The maximum Gasteiger partial charge on any atom is 0.227 e. The highest BCUT2D eigenvalue weighted by Gasteiger charge is 2.10. The molecule has 3 aromatic heterocycles. The number of nitrogens with zero attached hydrogens (tertiary/aromatic N) is 4. The number of hydrogen-bond donors (Lipinski definition) is 2. The molecule has 7 nitrogen and oxygen atoms in total. The second-order valence-electron chi connectivity index (χ2n) is 7.97. The first-order valence-corrected chi connectivity index (χ1v) is 11.0. The molecule has 0 unspecified atom stereocenters. The molecular weight excluding hydrogens is 436 g/mol. The maximum atomic E-state index is 9.24. The molecule has 0 amide bonds. The van der Waals surface area contributed by atoms with E-state index in [4.69, 9.17) is 4.42 Å². The van der Waals surface area contributed by atoms with E-state index in [1.165, 1.54) is 0 Å². The summed E-state index contributed by atoms with van der Waals surface area (Å²) in [5, 5.41) is 16.9. The van der Waals surface area contributed by atoms with Gasteiger partial charge in [0.15, 0.2) is 5.58 Å². The molecule has 6 aromatic rings. The van der Waals surface area contributed by atoms with E-state index >= 15 is 0 Å². The molecule has 0 atom stereocenters. The SMILES string of the molecule is N#Cc1ccc2nccc(Nc3ccc(-c4nc5cc(Nc6ccncc6)ccc5o4)cc3)c2c1. The Hall–Kier alpha value is -5.22. The third-order valence-electron chi connectivity index (χ3n) is 5.64. The second kappa shape index (κ2) is 8.61. The van der Waals surface area contributed by atoms with Crippen molar-refractivity contribution in [2.24, 2.45) is 0 Å². The van der Waals surface area contributed by atoms with Gasteiger partial charge in [0.1, 0.15) is 5.52 Å². The van der Waals surface area contributed by atoms with Crippen LogP contribution in [-0.4, -0.2) is 15.0 Å². The first-order valence-electron chi connectivity index (χ1n) is 11.0. The highest BCUT2D eigenvalue weighted by Crippen LogP contribution is 2.30. The van der Waals surface area contributed by atoms with Crippen molar-refractivity contribution in [3.05, 3.63) is 103 Å². The van der Waals surface area contributed by atoms with E-state index in [-0.39, 0.29) is 0 Å². The van der Waals surface area contributed by atoms with E-state index in [0.29, 0.717) is 11.5 Å². The maximum absolute atomic E-state index is 9.24. The molecule has 166 valence electrons. The highest BCUT2D eigenvalue weighted by molar-refractivity contribution is 5.93. The first kappa shape index (κ1) is 20.4. The molecule has 0 aliphatic rings. The normalized spacial score (nSPS) is 10.8. The Bertz CT molecular complexity index is 1700. The van der Waals surface area contributed by atoms with Gasteiger partial charge >= 0.3 is 0 Å². The number of anilines is 4. The Morgan fingerprint density at radius 1 is 0.714 bits per heavy atom. The number of hydrogen-bond acceptors (Lipinski definition) is 7. The van der Waals surface area contributed by atoms with Crippen LogP contribution in [0.5, 0.6) is 0 Å². The summed E-state index contributed by atoms with van der Waals surface area (Å²) in [6.07, 6.45) is 5.24. The Balaban J connectivity index is 1.25. The first-order chi connectivity index (χ1) is 17.2. The van der Waals surface area contributed by atoms with Crippen molar-refractivity contribution >= 4 is 44.8 Å². The molecule has 0 radical (unpaired) electrons. The summed E-state index contributed by atoms with van der Waals surface area (Å²) in [5.74, 6) is 0.556. The average molecular weight is 454 g/mol. The minimum Gasteiger partial charge on any atom is -0.436 e. The Morgan fingerprint density at radius 3 is 2.34 bits per heavy atom. The molecular formula is C28H18N6O. The monoisotopic (exact) mass is 454 g/mol. The van der Waals surface area contributed by atoms with Gasteiger partial charge in [-0.15, -0.1) is 0 Å². The van der Waals surface area contributed by atoms with Crippen molar-refractivity contribution in [2.45, 2.75) is 0 Å². The van der Waals surface area contributed by atoms with Crippen molar-refractivity contribution in [3.63, 3.8) is 0 Å². The van der Waals surface area contributed by atoms with Crippen LogP contribution in [0, 0.1) is 11.3 Å². The lowest BCUT2D eigenvalue weighted by molar-refractivity contribution is 0.620. The predicted molar refractivity (Wildman–Crippen MR) is 137 cm³/mol. The minimum atomic E-state index is 0.556. The van der Waals surface area contributed by atoms with Crippen LogP contribution in [0.4, 0.5) is 22.7 Å². The molecule has 3 heterocycles. The summed E-state index contributed by atoms with van der Waals surface area (Å²) in [4.78, 5) is 13.1. The Kier molecular flexibility index (Phi) is 5.02. The van der Waals surface area contributed by atoms with Crippen LogP contribution in [0.2, 0.25) is 0 Å². The molecule has 0 aliphatic heterocycles. The van der Waals surface area contributed by atoms with Crippen LogP contribution in [0.25, 0.3) is 33.5 Å². The fourth-order valence-electron chi connectivity index (χ4n) is 3.91. The molecule has 0 aliphatic carbocycles. The van der Waals surface area contributed by atoms with Gasteiger partial charge in [-0.25, -0.2) is 4.98 Å². The van der Waals surface area contributed by atoms with Gasteiger partial charge in [-0.1, -0.05) is 0 Å². The lowest BCUT2D eigenvalue weighted by atomic mass is 10.1. The Morgan fingerprint density at radius 2 is 1.51 bits per heavy atom. The molecule has 6 rings (SSSR count). The van der Waals surface area contributed by atoms with Crippen molar-refractivity contribution in [3.8, 4) is 17.5 Å². The Labute approximate surface area is 200 Å². The lowest BCUT2D eigenvalue weighted by Gasteiger charge is -2.10. The molecule has 35 heavy (non-hydrogen) atoms. The summed E-state index contributed by atoms with van der Waals surface area (Å²) >= 11 is 0. The minimum absolute atomic E-state index is 0.556. The summed E-state index contributed by atoms with van der Waals surface area (Å²) < 4.78 is 5.99. The molecule has 0 saturated heterocycles. The standard InChI is InChI=1S/C28H18N6O/c29-17-18-1-7-24-23(15-18)25(11-14-31-24)33-20-4-2-19(3-5-20)28-34-26-16-22(6-8-27(26)35-28)32-21-9-12-30-13-10-21/h1-16H,(H,30,32)(H,31,33). The summed E-state index contributed by atoms with van der Waals surface area (Å²) in [6, 6.07) is 27.1. The van der Waals surface area contributed by atoms with Crippen molar-refractivity contribution in [1.29, 1.82) is 5.26 Å². The zero-order valence-corrected chi connectivity index (χ0v) is 18.4. The van der Waals surface area contributed by atoms with E-state index in [2.05, 4.69) is 31.7 Å². The third-order valence-corrected chi connectivity index (χ3v) is 5.64. The average Bonchev–Trinajstić information content (AvgIpc) is 3.33. The predicted octanol–water partition coefficient (Wildman–Crippen LogP) is 6.80. The van der Waals surface area contributed by atoms with E-state index < -0.39 is 0 Å². The fraction of sp³-hybridized carbons (Fsp3) is 0. The molecule has 7 heteroatoms. The van der Waals surface area contributed by atoms with E-state index in [1.807, 2.05) is 72.8 Å². The van der Waals surface area contributed by atoms with E-state index in [1.54, 1.807) is 24.7 Å². The van der Waals surface area contributed by atoms with Gasteiger partial charge in [0.2, 0.25) is 5.89 Å². The second-order valence-corrected chi connectivity index (χ2v) is 7.97. The van der Waals surface area contributed by atoms with Crippen LogP contribution < -0.4 is 10.6 Å². The third kappa shape index (κ3) is 4.12. The zero-order chi connectivity index (χ0) is 23.6. The lowest BCUT2D eigenvalue weighted by Crippen LogP contribution is -1.93. The number of nitrogens with one attached hydrogen (secondary N) is 2. The quantitative estimate of drug-likeness (QED) is 0.295. The van der Waals surface area contributed by atoms with Crippen LogP contribution in [0.3, 0.4) is 0 Å². The van der Waals surface area contributed by atoms with Crippen LogP contribution in [-0.2, 0) is 0 Å². The number of pyridine rings is 2. The van der Waals surface area contributed by atoms with Crippen molar-refractivity contribution in [1.82, 2.24) is 15.0 Å². The number of nitriles is 1. The topological polar surface area (TPSA) is 99.7 Å². The van der Waals surface area contributed by atoms with Crippen LogP contribution in [0.1, 0.15) is 5.56 Å². The summed E-state index contributed by atoms with van der Waals surface area (Å²) in [6.45, 7) is 0. The van der Waals surface area contributed by atoms with Gasteiger partial charge in [0, 0.05) is 52.3 Å². The number of aromatic nitrogens is 3. The van der Waals surface area contributed by atoms with Gasteiger partial charge in [-0.05, 0) is 78.9 Å². The number of rotatable bonds is 5. The summed E-state index contributed by atoms with van der Waals surface area (Å²) in [5.41, 5.74) is 7.47. The van der Waals surface area contributed by atoms with Crippen molar-refractivity contribution in [2.75, 3.05) is 10.6 Å². The molecule has 0 saturated carbocycles. The van der Waals surface area contributed by atoms with Gasteiger partial charge in [0.25, 0.3) is 0 Å². The number of fused-ring (bicyclic) bond motifs is 2. The van der Waals surface area contributed by atoms with Gasteiger partial charge < -0.3 is 15.1 Å². The van der Waals surface area contributed by atoms with E-state index in [9.17, 15) is 5.26 Å². The van der Waals surface area contributed by atoms with Crippen molar-refractivity contribution < 1.29 is 4.42 Å². The zero-order valence-electron chi connectivity index (χ0n) is 18.4. The van der Waals surface area contributed by atoms with Gasteiger partial charge in [0.05, 0.1) is 17.1 Å². The number of benzene rings is 3. The van der Waals surface area contributed by atoms with E-state index in [0.717, 1.165) is 50.3 Å². The van der Waals surface area contributed by atoms with Crippen LogP contribution in [0.15, 0.2) is 102 Å².